The molecule has 8 nitrogen and oxygen atoms in total. The van der Waals surface area contributed by atoms with Gasteiger partial charge in [0.1, 0.15) is 17.1 Å². The maximum atomic E-state index is 13.1. The molecule has 3 fully saturated rings. The van der Waals surface area contributed by atoms with Crippen molar-refractivity contribution < 1.29 is 28.6 Å². The van der Waals surface area contributed by atoms with Gasteiger partial charge in [0.25, 0.3) is 0 Å². The first-order valence-corrected chi connectivity index (χ1v) is 14.5. The number of amides is 1. The standard InChI is InChI=1S/C33H40N2O6/c1-23(36)40-30-9-5-7-27(19-30)32-16-17-35(21-26-10-11-26)22-33(32,41-24(2)37)15-14-28(20-32)34-31(38)13-12-25-6-4-8-29(18-25)39-3/h4-9,12-13,18-19,26,28H,10-11,14-17,20-22H2,1-3H3,(H,34,38)/t28-,32+,33+/m1/s1. The van der Waals surface area contributed by atoms with Crippen LogP contribution in [0.2, 0.25) is 0 Å². The van der Waals surface area contributed by atoms with Crippen LogP contribution in [0.5, 0.6) is 11.5 Å². The summed E-state index contributed by atoms with van der Waals surface area (Å²) >= 11 is 0. The Morgan fingerprint density at radius 1 is 1.00 bits per heavy atom. The van der Waals surface area contributed by atoms with Crippen LogP contribution < -0.4 is 14.8 Å². The molecule has 0 aromatic heterocycles. The molecule has 1 aliphatic heterocycles. The number of esters is 2. The van der Waals surface area contributed by atoms with Gasteiger partial charge in [-0.1, -0.05) is 24.3 Å². The highest BCUT2D eigenvalue weighted by Crippen LogP contribution is 2.54. The first-order valence-electron chi connectivity index (χ1n) is 14.5. The largest absolute Gasteiger partial charge is 0.497 e. The number of rotatable bonds is 9. The molecule has 3 atom stereocenters. The summed E-state index contributed by atoms with van der Waals surface area (Å²) in [6.07, 6.45) is 8.52. The summed E-state index contributed by atoms with van der Waals surface area (Å²) in [6, 6.07) is 15.0. The number of carbonyl (C=O) groups excluding carboxylic acids is 3. The van der Waals surface area contributed by atoms with Crippen molar-refractivity contribution >= 4 is 23.9 Å². The fourth-order valence-electron chi connectivity index (χ4n) is 6.82. The van der Waals surface area contributed by atoms with Crippen molar-refractivity contribution in [1.82, 2.24) is 10.2 Å². The number of hydrogen-bond donors (Lipinski definition) is 1. The Hall–Kier alpha value is -3.65. The number of methoxy groups -OCH3 is 1. The summed E-state index contributed by atoms with van der Waals surface area (Å²) in [5.74, 6) is 1.05. The molecule has 2 aromatic carbocycles. The Kier molecular flexibility index (Phi) is 8.50. The van der Waals surface area contributed by atoms with E-state index in [4.69, 9.17) is 14.2 Å². The molecule has 0 bridgehead atoms. The van der Waals surface area contributed by atoms with Crippen LogP contribution in [-0.2, 0) is 24.5 Å². The predicted octanol–water partition coefficient (Wildman–Crippen LogP) is 4.66. The second-order valence-corrected chi connectivity index (χ2v) is 11.8. The fraction of sp³-hybridized carbons (Fsp3) is 0.485. The highest BCUT2D eigenvalue weighted by molar-refractivity contribution is 5.92. The Bertz CT molecular complexity index is 1320. The van der Waals surface area contributed by atoms with Crippen LogP contribution in [0.1, 0.15) is 63.5 Å². The number of nitrogens with one attached hydrogen (secondary N) is 1. The van der Waals surface area contributed by atoms with E-state index in [1.54, 1.807) is 25.3 Å². The van der Waals surface area contributed by atoms with Gasteiger partial charge in [0, 0.05) is 44.5 Å². The van der Waals surface area contributed by atoms with Crippen LogP contribution in [0.25, 0.3) is 6.08 Å². The maximum Gasteiger partial charge on any atom is 0.308 e. The summed E-state index contributed by atoms with van der Waals surface area (Å²) in [7, 11) is 1.61. The van der Waals surface area contributed by atoms with Gasteiger partial charge in [-0.05, 0) is 92.5 Å². The summed E-state index contributed by atoms with van der Waals surface area (Å²) in [6.45, 7) is 5.40. The molecule has 218 valence electrons. The fourth-order valence-corrected chi connectivity index (χ4v) is 6.82. The minimum Gasteiger partial charge on any atom is -0.497 e. The minimum absolute atomic E-state index is 0.117. The third-order valence-electron chi connectivity index (χ3n) is 8.77. The van der Waals surface area contributed by atoms with Crippen molar-refractivity contribution in [2.45, 2.75) is 69.4 Å². The van der Waals surface area contributed by atoms with Gasteiger partial charge in [-0.3, -0.25) is 19.3 Å². The van der Waals surface area contributed by atoms with Gasteiger partial charge < -0.3 is 19.5 Å². The van der Waals surface area contributed by atoms with Crippen molar-refractivity contribution in [2.75, 3.05) is 26.7 Å². The molecule has 1 saturated heterocycles. The molecule has 2 aromatic rings. The molecule has 41 heavy (non-hydrogen) atoms. The van der Waals surface area contributed by atoms with Crippen molar-refractivity contribution in [3.63, 3.8) is 0 Å². The van der Waals surface area contributed by atoms with Crippen molar-refractivity contribution in [3.05, 3.63) is 65.7 Å². The molecule has 0 radical (unpaired) electrons. The predicted molar refractivity (Wildman–Crippen MR) is 156 cm³/mol. The lowest BCUT2D eigenvalue weighted by molar-refractivity contribution is -0.187. The lowest BCUT2D eigenvalue weighted by Gasteiger charge is -2.59. The highest BCUT2D eigenvalue weighted by Gasteiger charge is 2.61. The molecule has 3 aliphatic rings. The third kappa shape index (κ3) is 6.64. The number of nitrogens with zero attached hydrogens (tertiary/aromatic N) is 1. The Labute approximate surface area is 242 Å². The first kappa shape index (κ1) is 28.9. The van der Waals surface area contributed by atoms with E-state index in [1.807, 2.05) is 42.5 Å². The summed E-state index contributed by atoms with van der Waals surface area (Å²) in [5, 5.41) is 3.22. The number of carbonyl (C=O) groups is 3. The smallest absolute Gasteiger partial charge is 0.308 e. The topological polar surface area (TPSA) is 94.2 Å². The lowest BCUT2D eigenvalue weighted by Crippen LogP contribution is -2.68. The second kappa shape index (κ2) is 12.1. The molecule has 0 unspecified atom stereocenters. The Balaban J connectivity index is 1.44. The quantitative estimate of drug-likeness (QED) is 0.271. The normalized spacial score (nSPS) is 26.2. The van der Waals surface area contributed by atoms with E-state index in [1.165, 1.54) is 26.7 Å². The van der Waals surface area contributed by atoms with E-state index in [0.29, 0.717) is 31.6 Å². The zero-order chi connectivity index (χ0) is 29.0. The number of likely N-dealkylation sites (tertiary alicyclic amines) is 1. The number of fused-ring (bicyclic) bond motifs is 1. The maximum absolute atomic E-state index is 13.1. The summed E-state index contributed by atoms with van der Waals surface area (Å²) in [4.78, 5) is 39.9. The Morgan fingerprint density at radius 2 is 1.78 bits per heavy atom. The van der Waals surface area contributed by atoms with Gasteiger partial charge >= 0.3 is 11.9 Å². The number of hydrogen-bond acceptors (Lipinski definition) is 7. The molecule has 8 heteroatoms. The van der Waals surface area contributed by atoms with Crippen molar-refractivity contribution in [2.24, 2.45) is 5.92 Å². The zero-order valence-corrected chi connectivity index (χ0v) is 24.2. The van der Waals surface area contributed by atoms with Gasteiger partial charge in [-0.25, -0.2) is 0 Å². The van der Waals surface area contributed by atoms with Gasteiger partial charge in [-0.2, -0.15) is 0 Å². The van der Waals surface area contributed by atoms with Crippen molar-refractivity contribution in [3.8, 4) is 11.5 Å². The van der Waals surface area contributed by atoms with Gasteiger partial charge in [0.2, 0.25) is 5.91 Å². The van der Waals surface area contributed by atoms with Crippen LogP contribution in [-0.4, -0.2) is 61.1 Å². The van der Waals surface area contributed by atoms with E-state index < -0.39 is 11.0 Å². The van der Waals surface area contributed by atoms with Crippen molar-refractivity contribution in [1.29, 1.82) is 0 Å². The molecular formula is C33H40N2O6. The van der Waals surface area contributed by atoms with Crippen LogP contribution in [0.15, 0.2) is 54.6 Å². The van der Waals surface area contributed by atoms with Crippen LogP contribution in [0, 0.1) is 5.92 Å². The van der Waals surface area contributed by atoms with E-state index >= 15 is 0 Å². The SMILES string of the molecule is COc1cccc(C=CC(=O)N[C@@H]2CC[C@]3(OC(C)=O)CN(CC4CC4)CC[C@@]3(c3cccc(OC(C)=O)c3)C2)c1. The third-order valence-corrected chi connectivity index (χ3v) is 8.77. The average molecular weight is 561 g/mol. The zero-order valence-electron chi connectivity index (χ0n) is 24.2. The molecule has 5 rings (SSSR count). The van der Waals surface area contributed by atoms with E-state index in [2.05, 4.69) is 10.2 Å². The number of piperidine rings is 1. The molecule has 1 amide bonds. The first-order chi connectivity index (χ1) is 19.7. The van der Waals surface area contributed by atoms with Gasteiger partial charge in [-0.15, -0.1) is 0 Å². The molecule has 2 aliphatic carbocycles. The van der Waals surface area contributed by atoms with E-state index in [0.717, 1.165) is 42.3 Å². The van der Waals surface area contributed by atoms with Crippen LogP contribution >= 0.6 is 0 Å². The van der Waals surface area contributed by atoms with Crippen LogP contribution in [0.3, 0.4) is 0 Å². The molecule has 1 heterocycles. The van der Waals surface area contributed by atoms with Crippen LogP contribution in [0.4, 0.5) is 0 Å². The average Bonchev–Trinajstić information content (AvgIpc) is 3.76. The number of benzene rings is 2. The summed E-state index contributed by atoms with van der Waals surface area (Å²) < 4.78 is 17.1. The van der Waals surface area contributed by atoms with E-state index in [9.17, 15) is 14.4 Å². The Morgan fingerprint density at radius 3 is 2.51 bits per heavy atom. The molecule has 2 saturated carbocycles. The lowest BCUT2D eigenvalue weighted by atomic mass is 9.55. The monoisotopic (exact) mass is 560 g/mol. The minimum atomic E-state index is -0.752. The summed E-state index contributed by atoms with van der Waals surface area (Å²) in [5.41, 5.74) is 0.535. The van der Waals surface area contributed by atoms with Gasteiger partial charge in [0.15, 0.2) is 0 Å². The number of ether oxygens (including phenoxy) is 3. The second-order valence-electron chi connectivity index (χ2n) is 11.8. The molecule has 1 N–H and O–H groups in total. The molecular weight excluding hydrogens is 520 g/mol. The molecule has 0 spiro atoms. The van der Waals surface area contributed by atoms with Gasteiger partial charge in [0.05, 0.1) is 7.11 Å². The highest BCUT2D eigenvalue weighted by atomic mass is 16.6. The van der Waals surface area contributed by atoms with E-state index in [-0.39, 0.29) is 23.9 Å².